The van der Waals surface area contributed by atoms with E-state index in [2.05, 4.69) is 9.47 Å². The lowest BCUT2D eigenvalue weighted by atomic mass is 9.87. The Morgan fingerprint density at radius 2 is 1.94 bits per heavy atom. The van der Waals surface area contributed by atoms with Crippen molar-refractivity contribution in [2.24, 2.45) is 5.92 Å². The average molecular weight is 254 g/mol. The smallest absolute Gasteiger partial charge is 0.320 e. The highest BCUT2D eigenvalue weighted by Gasteiger charge is 2.39. The van der Waals surface area contributed by atoms with Gasteiger partial charge in [-0.1, -0.05) is 0 Å². The Labute approximate surface area is 104 Å². The molecule has 1 aromatic heterocycles. The molecule has 0 amide bonds. The minimum Gasteiger partial charge on any atom is -0.469 e. The van der Waals surface area contributed by atoms with Crippen LogP contribution in [-0.4, -0.2) is 32.4 Å². The van der Waals surface area contributed by atoms with Gasteiger partial charge < -0.3 is 18.7 Å². The fourth-order valence-electron chi connectivity index (χ4n) is 1.70. The third-order valence-electron chi connectivity index (χ3n) is 2.57. The van der Waals surface area contributed by atoms with Crippen LogP contribution in [0.2, 0.25) is 0 Å². The van der Waals surface area contributed by atoms with Gasteiger partial charge in [0.2, 0.25) is 0 Å². The van der Waals surface area contributed by atoms with E-state index in [1.807, 2.05) is 0 Å². The highest BCUT2D eigenvalue weighted by molar-refractivity contribution is 5.96. The number of aldehydes is 1. The first kappa shape index (κ1) is 14.0. The maximum atomic E-state index is 11.6. The first-order valence-electron chi connectivity index (χ1n) is 5.28. The number of methoxy groups -OCH3 is 2. The van der Waals surface area contributed by atoms with Gasteiger partial charge in [-0.2, -0.15) is 0 Å². The first-order valence-corrected chi connectivity index (χ1v) is 5.28. The van der Waals surface area contributed by atoms with Gasteiger partial charge in [-0.3, -0.25) is 9.59 Å². The number of esters is 2. The lowest BCUT2D eigenvalue weighted by molar-refractivity contribution is -0.160. The van der Waals surface area contributed by atoms with Crippen LogP contribution in [0.3, 0.4) is 0 Å². The maximum absolute atomic E-state index is 11.6. The lowest BCUT2D eigenvalue weighted by Crippen LogP contribution is -2.32. The summed E-state index contributed by atoms with van der Waals surface area (Å²) < 4.78 is 14.3. The molecule has 18 heavy (non-hydrogen) atoms. The Bertz CT molecular complexity index is 392. The Balaban J connectivity index is 3.08. The molecule has 0 aliphatic heterocycles. The van der Waals surface area contributed by atoms with Crippen molar-refractivity contribution in [1.82, 2.24) is 0 Å². The van der Waals surface area contributed by atoms with Crippen molar-refractivity contribution in [3.8, 4) is 0 Å². The molecule has 1 atom stereocenters. The van der Waals surface area contributed by atoms with Gasteiger partial charge in [-0.15, -0.1) is 0 Å². The molecule has 0 bridgehead atoms. The van der Waals surface area contributed by atoms with Crippen LogP contribution in [0.25, 0.3) is 0 Å². The second kappa shape index (κ2) is 6.58. The van der Waals surface area contributed by atoms with Crippen molar-refractivity contribution >= 4 is 18.2 Å². The molecule has 1 aromatic rings. The van der Waals surface area contributed by atoms with Crippen LogP contribution in [0.15, 0.2) is 22.8 Å². The van der Waals surface area contributed by atoms with E-state index in [9.17, 15) is 14.4 Å². The van der Waals surface area contributed by atoms with E-state index >= 15 is 0 Å². The Morgan fingerprint density at radius 1 is 1.33 bits per heavy atom. The van der Waals surface area contributed by atoms with Crippen molar-refractivity contribution in [2.75, 3.05) is 14.2 Å². The predicted octanol–water partition coefficient (Wildman–Crippen LogP) is 0.914. The quantitative estimate of drug-likeness (QED) is 0.426. The van der Waals surface area contributed by atoms with Crippen LogP contribution >= 0.6 is 0 Å². The van der Waals surface area contributed by atoms with Crippen LogP contribution < -0.4 is 0 Å². The molecule has 1 rings (SSSR count). The fourth-order valence-corrected chi connectivity index (χ4v) is 1.70. The number of carbonyl (C=O) groups excluding carboxylic acids is 3. The molecule has 0 radical (unpaired) electrons. The lowest BCUT2D eigenvalue weighted by Gasteiger charge is -2.19. The highest BCUT2D eigenvalue weighted by Crippen LogP contribution is 2.29. The van der Waals surface area contributed by atoms with E-state index in [1.165, 1.54) is 20.5 Å². The summed E-state index contributed by atoms with van der Waals surface area (Å²) in [6.07, 6.45) is 1.98. The van der Waals surface area contributed by atoms with Crippen molar-refractivity contribution < 1.29 is 28.3 Å². The zero-order chi connectivity index (χ0) is 13.5. The van der Waals surface area contributed by atoms with Gasteiger partial charge in [0.15, 0.2) is 5.92 Å². The summed E-state index contributed by atoms with van der Waals surface area (Å²) in [5.74, 6) is -3.09. The summed E-state index contributed by atoms with van der Waals surface area (Å²) in [5, 5.41) is 0. The molecule has 0 spiro atoms. The zero-order valence-electron chi connectivity index (χ0n) is 10.1. The number of hydrogen-bond donors (Lipinski definition) is 0. The first-order chi connectivity index (χ1) is 8.65. The third kappa shape index (κ3) is 2.97. The van der Waals surface area contributed by atoms with Crippen LogP contribution in [0, 0.1) is 5.92 Å². The minimum atomic E-state index is -1.21. The van der Waals surface area contributed by atoms with E-state index < -0.39 is 23.8 Å². The second-order valence-corrected chi connectivity index (χ2v) is 3.55. The fraction of sp³-hybridized carbons (Fsp3) is 0.417. The topological polar surface area (TPSA) is 82.8 Å². The van der Waals surface area contributed by atoms with E-state index in [0.717, 1.165) is 0 Å². The van der Waals surface area contributed by atoms with Crippen molar-refractivity contribution in [3.63, 3.8) is 0 Å². The molecule has 0 saturated carbocycles. The summed E-state index contributed by atoms with van der Waals surface area (Å²) in [6, 6.07) is 3.20. The summed E-state index contributed by atoms with van der Waals surface area (Å²) in [6.45, 7) is 0. The molecule has 98 valence electrons. The molecular weight excluding hydrogens is 240 g/mol. The number of ether oxygens (including phenoxy) is 2. The molecule has 6 nitrogen and oxygen atoms in total. The minimum absolute atomic E-state index is 0.0393. The van der Waals surface area contributed by atoms with Gasteiger partial charge in [-0.25, -0.2) is 0 Å². The van der Waals surface area contributed by atoms with Crippen molar-refractivity contribution in [3.05, 3.63) is 24.2 Å². The molecule has 6 heteroatoms. The summed E-state index contributed by atoms with van der Waals surface area (Å²) in [5.41, 5.74) is 0. The molecule has 0 aromatic carbocycles. The maximum Gasteiger partial charge on any atom is 0.320 e. The molecule has 1 heterocycles. The molecule has 0 aliphatic rings. The van der Waals surface area contributed by atoms with Gasteiger partial charge in [0.05, 0.1) is 20.5 Å². The normalized spacial score (nSPS) is 11.9. The van der Waals surface area contributed by atoms with Crippen LogP contribution in [0.1, 0.15) is 18.1 Å². The Hall–Kier alpha value is -2.11. The van der Waals surface area contributed by atoms with E-state index in [-0.39, 0.29) is 6.42 Å². The van der Waals surface area contributed by atoms with Crippen LogP contribution in [-0.2, 0) is 23.9 Å². The summed E-state index contributed by atoms with van der Waals surface area (Å²) >= 11 is 0. The van der Waals surface area contributed by atoms with Gasteiger partial charge >= 0.3 is 11.9 Å². The number of furan rings is 1. The van der Waals surface area contributed by atoms with Crippen molar-refractivity contribution in [1.29, 1.82) is 0 Å². The Morgan fingerprint density at radius 3 is 2.33 bits per heavy atom. The molecular formula is C12H14O6. The third-order valence-corrected chi connectivity index (χ3v) is 2.57. The van der Waals surface area contributed by atoms with E-state index in [1.54, 1.807) is 12.1 Å². The van der Waals surface area contributed by atoms with E-state index in [4.69, 9.17) is 4.42 Å². The largest absolute Gasteiger partial charge is 0.469 e. The summed E-state index contributed by atoms with van der Waals surface area (Å²) in [4.78, 5) is 34.0. The zero-order valence-corrected chi connectivity index (χ0v) is 10.1. The Kier molecular flexibility index (Phi) is 5.10. The van der Waals surface area contributed by atoms with E-state index in [0.29, 0.717) is 12.0 Å². The van der Waals surface area contributed by atoms with Gasteiger partial charge in [-0.05, 0) is 12.1 Å². The van der Waals surface area contributed by atoms with Crippen molar-refractivity contribution in [2.45, 2.75) is 12.3 Å². The molecule has 0 fully saturated rings. The molecule has 0 N–H and O–H groups in total. The SMILES string of the molecule is COC(=O)C(C(=O)OC)[C@@H](CC=O)c1ccco1. The number of hydrogen-bond acceptors (Lipinski definition) is 6. The van der Waals surface area contributed by atoms with Gasteiger partial charge in [0, 0.05) is 12.3 Å². The van der Waals surface area contributed by atoms with Crippen LogP contribution in [0.5, 0.6) is 0 Å². The average Bonchev–Trinajstić information content (AvgIpc) is 2.91. The predicted molar refractivity (Wildman–Crippen MR) is 59.7 cm³/mol. The molecule has 0 unspecified atom stereocenters. The molecule has 0 aliphatic carbocycles. The summed E-state index contributed by atoms with van der Waals surface area (Å²) in [7, 11) is 2.33. The number of rotatable bonds is 6. The van der Waals surface area contributed by atoms with Gasteiger partial charge in [0.25, 0.3) is 0 Å². The molecule has 0 saturated heterocycles. The van der Waals surface area contributed by atoms with Gasteiger partial charge in [0.1, 0.15) is 12.0 Å². The monoisotopic (exact) mass is 254 g/mol. The second-order valence-electron chi connectivity index (χ2n) is 3.55. The standard InChI is InChI=1S/C12H14O6/c1-16-11(14)10(12(15)17-2)8(5-6-13)9-4-3-7-18-9/h3-4,6-8,10H,5H2,1-2H3/t8-/m0/s1. The number of carbonyl (C=O) groups is 3. The highest BCUT2D eigenvalue weighted by atomic mass is 16.5. The van der Waals surface area contributed by atoms with Crippen LogP contribution in [0.4, 0.5) is 0 Å².